The fraction of sp³-hybridized carbons (Fsp3) is 0.182. The molecule has 78 valence electrons. The number of rotatable bonds is 3. The van der Waals surface area contributed by atoms with Gasteiger partial charge in [-0.3, -0.25) is 0 Å². The van der Waals surface area contributed by atoms with Crippen molar-refractivity contribution in [3.8, 4) is 5.75 Å². The van der Waals surface area contributed by atoms with Crippen LogP contribution in [0.5, 0.6) is 5.75 Å². The maximum absolute atomic E-state index is 5.63. The zero-order chi connectivity index (χ0) is 10.7. The molecule has 15 heavy (non-hydrogen) atoms. The highest BCUT2D eigenvalue weighted by Gasteiger charge is 2.00. The normalized spacial score (nSPS) is 10.3. The molecule has 0 unspecified atom stereocenters. The minimum Gasteiger partial charge on any atom is -0.486 e. The van der Waals surface area contributed by atoms with Crippen LogP contribution < -0.4 is 4.74 Å². The number of aromatic nitrogens is 1. The van der Waals surface area contributed by atoms with Crippen LogP contribution in [0.25, 0.3) is 0 Å². The molecule has 0 aliphatic carbocycles. The number of hydrogen-bond donors (Lipinski definition) is 0. The lowest BCUT2D eigenvalue weighted by Crippen LogP contribution is -1.94. The molecule has 0 aliphatic rings. The molecule has 1 aromatic heterocycles. The number of nitrogens with zero attached hydrogens (tertiary/aromatic N) is 1. The average Bonchev–Trinajstić information content (AvgIpc) is 2.62. The molecule has 0 spiro atoms. The van der Waals surface area contributed by atoms with Crippen LogP contribution in [-0.4, -0.2) is 4.98 Å². The van der Waals surface area contributed by atoms with Gasteiger partial charge in [-0.05, 0) is 47.7 Å². The Hall–Kier alpha value is -0.620. The van der Waals surface area contributed by atoms with Gasteiger partial charge < -0.3 is 4.74 Å². The van der Waals surface area contributed by atoms with Crippen LogP contribution in [0.2, 0.25) is 0 Å². The third-order valence-electron chi connectivity index (χ3n) is 1.82. The fourth-order valence-corrected chi connectivity index (χ4v) is 2.37. The Labute approximate surface area is 106 Å². The minimum absolute atomic E-state index is 0.554. The zero-order valence-electron chi connectivity index (χ0n) is 8.24. The Morgan fingerprint density at radius 2 is 2.33 bits per heavy atom. The smallest absolute Gasteiger partial charge is 0.140 e. The second-order valence-corrected chi connectivity index (χ2v) is 5.32. The molecule has 0 aliphatic heterocycles. The molecule has 2 aromatic rings. The molecule has 0 bridgehead atoms. The first-order valence-electron chi connectivity index (χ1n) is 4.53. The second kappa shape index (κ2) is 4.94. The van der Waals surface area contributed by atoms with Gasteiger partial charge in [0.1, 0.15) is 17.4 Å². The van der Waals surface area contributed by atoms with Crippen LogP contribution in [0.4, 0.5) is 0 Å². The first kappa shape index (κ1) is 10.9. The van der Waals surface area contributed by atoms with E-state index >= 15 is 0 Å². The Morgan fingerprint density at radius 3 is 3.00 bits per heavy atom. The van der Waals surface area contributed by atoms with Crippen molar-refractivity contribution in [3.63, 3.8) is 0 Å². The standard InChI is InChI=1S/C11H10INOS/c1-8-7-15-11(13-8)6-14-10-4-2-3-9(12)5-10/h2-5,7H,6H2,1H3. The summed E-state index contributed by atoms with van der Waals surface area (Å²) in [4.78, 5) is 4.34. The highest BCUT2D eigenvalue weighted by Crippen LogP contribution is 2.17. The van der Waals surface area contributed by atoms with E-state index in [0.29, 0.717) is 6.61 Å². The van der Waals surface area contributed by atoms with Gasteiger partial charge in [-0.2, -0.15) is 0 Å². The first-order chi connectivity index (χ1) is 7.24. The van der Waals surface area contributed by atoms with Gasteiger partial charge in [0.15, 0.2) is 0 Å². The van der Waals surface area contributed by atoms with Gasteiger partial charge in [0.2, 0.25) is 0 Å². The fourth-order valence-electron chi connectivity index (χ4n) is 1.17. The minimum atomic E-state index is 0.554. The van der Waals surface area contributed by atoms with Crippen molar-refractivity contribution in [2.24, 2.45) is 0 Å². The van der Waals surface area contributed by atoms with Crippen molar-refractivity contribution in [3.05, 3.63) is 43.9 Å². The lowest BCUT2D eigenvalue weighted by molar-refractivity contribution is 0.305. The quantitative estimate of drug-likeness (QED) is 0.801. The molecule has 0 N–H and O–H groups in total. The summed E-state index contributed by atoms with van der Waals surface area (Å²) in [5, 5.41) is 3.05. The summed E-state index contributed by atoms with van der Waals surface area (Å²) in [7, 11) is 0. The summed E-state index contributed by atoms with van der Waals surface area (Å²) < 4.78 is 6.81. The molecule has 0 saturated heterocycles. The molecular weight excluding hydrogens is 321 g/mol. The Kier molecular flexibility index (Phi) is 3.58. The van der Waals surface area contributed by atoms with E-state index < -0.39 is 0 Å². The number of benzene rings is 1. The lowest BCUT2D eigenvalue weighted by atomic mass is 10.3. The highest BCUT2D eigenvalue weighted by atomic mass is 127. The van der Waals surface area contributed by atoms with Crippen LogP contribution in [0.15, 0.2) is 29.6 Å². The molecule has 4 heteroatoms. The summed E-state index contributed by atoms with van der Waals surface area (Å²) >= 11 is 3.91. The predicted octanol–water partition coefficient (Wildman–Crippen LogP) is 3.64. The largest absolute Gasteiger partial charge is 0.486 e. The van der Waals surface area contributed by atoms with E-state index in [1.807, 2.05) is 36.6 Å². The molecular formula is C11H10INOS. The molecule has 1 heterocycles. The summed E-state index contributed by atoms with van der Waals surface area (Å²) in [5.74, 6) is 0.898. The SMILES string of the molecule is Cc1csc(COc2cccc(I)c2)n1. The van der Waals surface area contributed by atoms with Gasteiger partial charge in [0, 0.05) is 14.6 Å². The van der Waals surface area contributed by atoms with Crippen molar-refractivity contribution in [2.45, 2.75) is 13.5 Å². The van der Waals surface area contributed by atoms with Crippen LogP contribution in [-0.2, 0) is 6.61 Å². The molecule has 2 rings (SSSR count). The monoisotopic (exact) mass is 331 g/mol. The van der Waals surface area contributed by atoms with E-state index in [1.165, 1.54) is 3.57 Å². The maximum Gasteiger partial charge on any atom is 0.140 e. The molecule has 1 aromatic carbocycles. The van der Waals surface area contributed by atoms with E-state index in [1.54, 1.807) is 11.3 Å². The van der Waals surface area contributed by atoms with E-state index in [4.69, 9.17) is 4.74 Å². The van der Waals surface area contributed by atoms with E-state index in [0.717, 1.165) is 16.5 Å². The molecule has 0 saturated carbocycles. The van der Waals surface area contributed by atoms with Gasteiger partial charge in [0.25, 0.3) is 0 Å². The van der Waals surface area contributed by atoms with Gasteiger partial charge in [-0.1, -0.05) is 6.07 Å². The molecule has 0 amide bonds. The topological polar surface area (TPSA) is 22.1 Å². The summed E-state index contributed by atoms with van der Waals surface area (Å²) in [5.41, 5.74) is 1.06. The van der Waals surface area contributed by atoms with E-state index in [2.05, 4.69) is 27.6 Å². The number of hydrogen-bond acceptors (Lipinski definition) is 3. The number of thiazole rings is 1. The summed E-state index contributed by atoms with van der Waals surface area (Å²) in [6.45, 7) is 2.55. The lowest BCUT2D eigenvalue weighted by Gasteiger charge is -2.03. The van der Waals surface area contributed by atoms with Crippen molar-refractivity contribution in [1.29, 1.82) is 0 Å². The van der Waals surface area contributed by atoms with Crippen LogP contribution in [0.3, 0.4) is 0 Å². The zero-order valence-corrected chi connectivity index (χ0v) is 11.2. The van der Waals surface area contributed by atoms with Gasteiger partial charge in [-0.15, -0.1) is 11.3 Å². The van der Waals surface area contributed by atoms with Crippen molar-refractivity contribution < 1.29 is 4.74 Å². The Balaban J connectivity index is 1.99. The van der Waals surface area contributed by atoms with Crippen LogP contribution in [0.1, 0.15) is 10.7 Å². The predicted molar refractivity (Wildman–Crippen MR) is 70.3 cm³/mol. The van der Waals surface area contributed by atoms with Crippen molar-refractivity contribution >= 4 is 33.9 Å². The number of aryl methyl sites for hydroxylation is 1. The van der Waals surface area contributed by atoms with Crippen LogP contribution in [0, 0.1) is 10.5 Å². The third-order valence-corrected chi connectivity index (χ3v) is 3.44. The molecule has 2 nitrogen and oxygen atoms in total. The molecule has 0 radical (unpaired) electrons. The summed E-state index contributed by atoms with van der Waals surface area (Å²) in [6.07, 6.45) is 0. The second-order valence-electron chi connectivity index (χ2n) is 3.13. The van der Waals surface area contributed by atoms with Crippen molar-refractivity contribution in [1.82, 2.24) is 4.98 Å². The Bertz CT molecular complexity index is 455. The van der Waals surface area contributed by atoms with Gasteiger partial charge >= 0.3 is 0 Å². The maximum atomic E-state index is 5.63. The Morgan fingerprint density at radius 1 is 1.47 bits per heavy atom. The van der Waals surface area contributed by atoms with Crippen molar-refractivity contribution in [2.75, 3.05) is 0 Å². The number of ether oxygens (including phenoxy) is 1. The third kappa shape index (κ3) is 3.17. The first-order valence-corrected chi connectivity index (χ1v) is 6.49. The molecule has 0 fully saturated rings. The van der Waals surface area contributed by atoms with Gasteiger partial charge in [-0.25, -0.2) is 4.98 Å². The van der Waals surface area contributed by atoms with E-state index in [-0.39, 0.29) is 0 Å². The van der Waals surface area contributed by atoms with Crippen LogP contribution >= 0.6 is 33.9 Å². The molecule has 0 atom stereocenters. The number of halogens is 1. The van der Waals surface area contributed by atoms with Gasteiger partial charge in [0.05, 0.1) is 0 Å². The average molecular weight is 331 g/mol. The highest BCUT2D eigenvalue weighted by molar-refractivity contribution is 14.1. The summed E-state index contributed by atoms with van der Waals surface area (Å²) in [6, 6.07) is 8.01. The van der Waals surface area contributed by atoms with E-state index in [9.17, 15) is 0 Å².